The van der Waals surface area contributed by atoms with Gasteiger partial charge in [-0.25, -0.2) is 0 Å². The zero-order valence-electron chi connectivity index (χ0n) is 13.0. The summed E-state index contributed by atoms with van der Waals surface area (Å²) in [5.41, 5.74) is 1.09. The molecule has 0 amide bonds. The molecule has 1 heterocycles. The van der Waals surface area contributed by atoms with E-state index >= 15 is 0 Å². The molecule has 2 rings (SSSR count). The summed E-state index contributed by atoms with van der Waals surface area (Å²) in [7, 11) is 0. The molecule has 0 aliphatic rings. The molecule has 0 atom stereocenters. The number of hydrogen-bond donors (Lipinski definition) is 1. The summed E-state index contributed by atoms with van der Waals surface area (Å²) in [6.07, 6.45) is 0.937. The first kappa shape index (κ1) is 17.1. The topological polar surface area (TPSA) is 30.5 Å². The molecule has 0 saturated heterocycles. The third kappa shape index (κ3) is 4.90. The van der Waals surface area contributed by atoms with Crippen LogP contribution in [0.4, 0.5) is 0 Å². The Balaban J connectivity index is 2.04. The van der Waals surface area contributed by atoms with Gasteiger partial charge < -0.3 is 14.8 Å². The van der Waals surface area contributed by atoms with Crippen molar-refractivity contribution in [2.45, 2.75) is 33.4 Å². The smallest absolute Gasteiger partial charge is 0.179 e. The molecule has 0 saturated carbocycles. The molecule has 2 aromatic rings. The monoisotopic (exact) mass is 339 g/mol. The molecular formula is C17H22ClNO2S. The van der Waals surface area contributed by atoms with Crippen LogP contribution in [0.15, 0.2) is 29.6 Å². The Kier molecular flexibility index (Phi) is 7.03. The van der Waals surface area contributed by atoms with Gasteiger partial charge in [0, 0.05) is 18.0 Å². The van der Waals surface area contributed by atoms with Crippen LogP contribution in [0.5, 0.6) is 11.5 Å². The van der Waals surface area contributed by atoms with Gasteiger partial charge in [0.2, 0.25) is 0 Å². The second-order valence-corrected chi connectivity index (χ2v) is 6.31. The van der Waals surface area contributed by atoms with Crippen LogP contribution in [-0.2, 0) is 13.1 Å². The number of halogens is 1. The average Bonchev–Trinajstić information content (AvgIpc) is 3.00. The van der Waals surface area contributed by atoms with E-state index in [1.54, 1.807) is 11.3 Å². The van der Waals surface area contributed by atoms with Gasteiger partial charge in [-0.2, -0.15) is 0 Å². The maximum Gasteiger partial charge on any atom is 0.179 e. The highest BCUT2D eigenvalue weighted by Crippen LogP contribution is 2.36. The summed E-state index contributed by atoms with van der Waals surface area (Å²) < 4.78 is 11.4. The van der Waals surface area contributed by atoms with Gasteiger partial charge in [0.1, 0.15) is 0 Å². The van der Waals surface area contributed by atoms with Crippen molar-refractivity contribution in [1.82, 2.24) is 5.32 Å². The molecule has 0 bridgehead atoms. The van der Waals surface area contributed by atoms with E-state index in [1.165, 1.54) is 4.88 Å². The van der Waals surface area contributed by atoms with Crippen molar-refractivity contribution >= 4 is 22.9 Å². The molecule has 22 heavy (non-hydrogen) atoms. The second-order valence-electron chi connectivity index (χ2n) is 4.87. The molecule has 0 aliphatic carbocycles. The quantitative estimate of drug-likeness (QED) is 0.706. The highest BCUT2D eigenvalue weighted by molar-refractivity contribution is 7.09. The van der Waals surface area contributed by atoms with E-state index in [-0.39, 0.29) is 0 Å². The summed E-state index contributed by atoms with van der Waals surface area (Å²) in [6.45, 7) is 6.84. The summed E-state index contributed by atoms with van der Waals surface area (Å²) >= 11 is 8.10. The van der Waals surface area contributed by atoms with Crippen molar-refractivity contribution in [2.24, 2.45) is 0 Å². The van der Waals surface area contributed by atoms with E-state index in [0.717, 1.165) is 30.8 Å². The second kappa shape index (κ2) is 9.03. The lowest BCUT2D eigenvalue weighted by molar-refractivity contribution is 0.277. The molecule has 3 nitrogen and oxygen atoms in total. The van der Waals surface area contributed by atoms with E-state index in [9.17, 15) is 0 Å². The van der Waals surface area contributed by atoms with E-state index in [1.807, 2.05) is 19.1 Å². The van der Waals surface area contributed by atoms with Crippen molar-refractivity contribution in [3.63, 3.8) is 0 Å². The van der Waals surface area contributed by atoms with E-state index in [4.69, 9.17) is 21.1 Å². The fraction of sp³-hybridized carbons (Fsp3) is 0.412. The Morgan fingerprint density at radius 3 is 2.73 bits per heavy atom. The Morgan fingerprint density at radius 2 is 2.05 bits per heavy atom. The highest BCUT2D eigenvalue weighted by atomic mass is 35.5. The molecule has 120 valence electrons. The van der Waals surface area contributed by atoms with Gasteiger partial charge in [0.25, 0.3) is 0 Å². The number of hydrogen-bond acceptors (Lipinski definition) is 4. The summed E-state index contributed by atoms with van der Waals surface area (Å²) in [4.78, 5) is 1.32. The van der Waals surface area contributed by atoms with Crippen LogP contribution in [-0.4, -0.2) is 13.2 Å². The lowest BCUT2D eigenvalue weighted by atomic mass is 10.2. The Hall–Kier alpha value is -1.23. The van der Waals surface area contributed by atoms with Crippen molar-refractivity contribution in [2.75, 3.05) is 13.2 Å². The lowest BCUT2D eigenvalue weighted by Crippen LogP contribution is -2.12. The molecule has 0 aliphatic heterocycles. The van der Waals surface area contributed by atoms with Gasteiger partial charge in [-0.15, -0.1) is 11.3 Å². The predicted octanol–water partition coefficient (Wildman–Crippen LogP) is 4.88. The van der Waals surface area contributed by atoms with E-state index in [0.29, 0.717) is 24.0 Å². The van der Waals surface area contributed by atoms with Crippen LogP contribution in [0.3, 0.4) is 0 Å². The fourth-order valence-electron chi connectivity index (χ4n) is 2.07. The lowest BCUT2D eigenvalue weighted by Gasteiger charge is -2.15. The standard InChI is InChI=1S/C17H22ClNO2S/c1-3-7-21-17-15(18)9-13(10-16(17)20-4-2)11-19-12-14-6-5-8-22-14/h5-6,8-10,19H,3-4,7,11-12H2,1-2H3. The Bertz CT molecular complexity index is 572. The minimum Gasteiger partial charge on any atom is -0.490 e. The molecule has 0 fully saturated rings. The normalized spacial score (nSPS) is 10.7. The van der Waals surface area contributed by atoms with Crippen molar-refractivity contribution < 1.29 is 9.47 Å². The van der Waals surface area contributed by atoms with Gasteiger partial charge in [0.15, 0.2) is 11.5 Å². The minimum atomic E-state index is 0.588. The van der Waals surface area contributed by atoms with Gasteiger partial charge >= 0.3 is 0 Å². The molecule has 1 N–H and O–H groups in total. The van der Waals surface area contributed by atoms with Crippen LogP contribution >= 0.6 is 22.9 Å². The minimum absolute atomic E-state index is 0.588. The molecule has 0 radical (unpaired) electrons. The van der Waals surface area contributed by atoms with Gasteiger partial charge in [-0.05, 0) is 42.5 Å². The van der Waals surface area contributed by atoms with E-state index in [2.05, 4.69) is 29.8 Å². The van der Waals surface area contributed by atoms with Crippen LogP contribution in [0.25, 0.3) is 0 Å². The van der Waals surface area contributed by atoms with Crippen molar-refractivity contribution in [3.05, 3.63) is 45.1 Å². The molecule has 0 spiro atoms. The van der Waals surface area contributed by atoms with Crippen LogP contribution in [0.1, 0.15) is 30.7 Å². The zero-order valence-corrected chi connectivity index (χ0v) is 14.6. The SMILES string of the molecule is CCCOc1c(Cl)cc(CNCc2cccs2)cc1OCC. The third-order valence-corrected chi connectivity index (χ3v) is 4.19. The molecule has 1 aromatic carbocycles. The third-order valence-electron chi connectivity index (χ3n) is 3.03. The number of benzene rings is 1. The molecule has 1 aromatic heterocycles. The van der Waals surface area contributed by atoms with Crippen molar-refractivity contribution in [3.8, 4) is 11.5 Å². The Morgan fingerprint density at radius 1 is 1.18 bits per heavy atom. The number of nitrogens with one attached hydrogen (secondary N) is 1. The highest BCUT2D eigenvalue weighted by Gasteiger charge is 2.12. The summed E-state index contributed by atoms with van der Waals surface area (Å²) in [5, 5.41) is 6.11. The molecular weight excluding hydrogens is 318 g/mol. The Labute approximate surface area is 141 Å². The molecule has 0 unspecified atom stereocenters. The first-order valence-corrected chi connectivity index (χ1v) is 8.81. The van der Waals surface area contributed by atoms with E-state index < -0.39 is 0 Å². The van der Waals surface area contributed by atoms with Crippen LogP contribution in [0.2, 0.25) is 5.02 Å². The van der Waals surface area contributed by atoms with Gasteiger partial charge in [-0.1, -0.05) is 24.6 Å². The largest absolute Gasteiger partial charge is 0.490 e. The summed E-state index contributed by atoms with van der Waals surface area (Å²) in [5.74, 6) is 1.36. The van der Waals surface area contributed by atoms with Crippen LogP contribution in [0, 0.1) is 0 Å². The van der Waals surface area contributed by atoms with Gasteiger partial charge in [-0.3, -0.25) is 0 Å². The number of thiophene rings is 1. The number of ether oxygens (including phenoxy) is 2. The van der Waals surface area contributed by atoms with Crippen molar-refractivity contribution in [1.29, 1.82) is 0 Å². The zero-order chi connectivity index (χ0) is 15.8. The predicted molar refractivity (Wildman–Crippen MR) is 93.3 cm³/mol. The maximum atomic E-state index is 6.35. The first-order chi connectivity index (χ1) is 10.7. The van der Waals surface area contributed by atoms with Crippen LogP contribution < -0.4 is 14.8 Å². The fourth-order valence-corrected chi connectivity index (χ4v) is 3.04. The molecule has 5 heteroatoms. The average molecular weight is 340 g/mol. The maximum absolute atomic E-state index is 6.35. The van der Waals surface area contributed by atoms with Gasteiger partial charge in [0.05, 0.1) is 18.2 Å². The summed E-state index contributed by atoms with van der Waals surface area (Å²) in [6, 6.07) is 8.13. The number of rotatable bonds is 9. The first-order valence-electron chi connectivity index (χ1n) is 7.55.